The average molecular weight is 462 g/mol. The minimum Gasteiger partial charge on any atom is -0.434 e. The van der Waals surface area contributed by atoms with Crippen LogP contribution >= 0.6 is 0 Å². The van der Waals surface area contributed by atoms with Crippen LogP contribution < -0.4 is 4.74 Å². The number of hydrogen-bond acceptors (Lipinski definition) is 4. The van der Waals surface area contributed by atoms with Crippen LogP contribution in [0, 0.1) is 11.8 Å². The second-order valence-corrected chi connectivity index (χ2v) is 8.17. The van der Waals surface area contributed by atoms with Crippen LogP contribution in [-0.4, -0.2) is 43.7 Å². The SMILES string of the molecule is [2H]C([2H])([2H])N1C(=O)c2cccc(OC(F)F)c2[C@H]2C[C@@H]1c1nc3ccc(C#Cc4ccnn4C)cc3n12. The smallest absolute Gasteiger partial charge is 0.387 e. The fourth-order valence-corrected chi connectivity index (χ4v) is 4.82. The van der Waals surface area contributed by atoms with Crippen molar-refractivity contribution in [3.8, 4) is 17.6 Å². The Hall–Kier alpha value is -4.19. The predicted molar refractivity (Wildman–Crippen MR) is 120 cm³/mol. The van der Waals surface area contributed by atoms with Crippen LogP contribution in [0.2, 0.25) is 0 Å². The summed E-state index contributed by atoms with van der Waals surface area (Å²) in [6, 6.07) is 9.86. The van der Waals surface area contributed by atoms with Crippen molar-refractivity contribution in [1.82, 2.24) is 24.2 Å². The standard InChI is InChI=1S/C25H19F2N5O2/c1-30-20-13-19(22-16(24(30)33)4-3-5-21(22)34-25(26)27)32-18-12-14(7-9-17(18)29-23(20)32)6-8-15-10-11-28-31(15)2/h3-5,7,9-12,19-20,25H,13H2,1-2H3/t19-,20-/m1/s1/i1D3. The van der Waals surface area contributed by atoms with Crippen molar-refractivity contribution in [3.05, 3.63) is 76.9 Å². The molecule has 0 aliphatic carbocycles. The molecule has 6 rings (SSSR count). The maximum absolute atomic E-state index is 13.5. The molecule has 34 heavy (non-hydrogen) atoms. The minimum atomic E-state index is -3.12. The minimum absolute atomic E-state index is 0.0152. The van der Waals surface area contributed by atoms with Gasteiger partial charge in [-0.25, -0.2) is 4.98 Å². The first-order valence-corrected chi connectivity index (χ1v) is 10.6. The van der Waals surface area contributed by atoms with Gasteiger partial charge in [0.25, 0.3) is 5.91 Å². The molecule has 170 valence electrons. The number of alkyl halides is 2. The molecule has 0 fully saturated rings. The third-order valence-corrected chi connectivity index (χ3v) is 6.31. The quantitative estimate of drug-likeness (QED) is 0.424. The molecule has 2 aliphatic heterocycles. The lowest BCUT2D eigenvalue weighted by molar-refractivity contribution is -0.0507. The Labute approximate surface area is 197 Å². The molecular formula is C25H19F2N5O2. The number of aryl methyl sites for hydroxylation is 1. The highest BCUT2D eigenvalue weighted by molar-refractivity contribution is 5.97. The molecule has 0 spiro atoms. The normalized spacial score (nSPS) is 20.2. The third kappa shape index (κ3) is 2.99. The van der Waals surface area contributed by atoms with Gasteiger partial charge in [0, 0.05) is 41.2 Å². The maximum Gasteiger partial charge on any atom is 0.387 e. The van der Waals surface area contributed by atoms with Gasteiger partial charge in [0.05, 0.1) is 29.3 Å². The van der Waals surface area contributed by atoms with Crippen LogP contribution in [0.5, 0.6) is 5.75 Å². The molecule has 0 N–H and O–H groups in total. The number of carbonyl (C=O) groups excluding carboxylic acids is 1. The van der Waals surface area contributed by atoms with E-state index in [-0.39, 0.29) is 23.3 Å². The summed E-state index contributed by atoms with van der Waals surface area (Å²) in [5, 5.41) is 4.10. The second kappa shape index (κ2) is 7.42. The zero-order valence-electron chi connectivity index (χ0n) is 20.9. The summed E-state index contributed by atoms with van der Waals surface area (Å²) in [4.78, 5) is 19.0. The summed E-state index contributed by atoms with van der Waals surface area (Å²) in [5.74, 6) is 5.59. The van der Waals surface area contributed by atoms with Gasteiger partial charge in [-0.15, -0.1) is 0 Å². The average Bonchev–Trinajstić information content (AvgIpc) is 3.48. The van der Waals surface area contributed by atoms with Crippen LogP contribution in [0.15, 0.2) is 48.7 Å². The Morgan fingerprint density at radius 2 is 2.09 bits per heavy atom. The van der Waals surface area contributed by atoms with Crippen molar-refractivity contribution in [2.24, 2.45) is 7.05 Å². The van der Waals surface area contributed by atoms with Gasteiger partial charge >= 0.3 is 6.61 Å². The predicted octanol–water partition coefficient (Wildman–Crippen LogP) is 3.89. The number of benzene rings is 2. The van der Waals surface area contributed by atoms with E-state index in [9.17, 15) is 13.6 Å². The lowest BCUT2D eigenvalue weighted by Gasteiger charge is -2.24. The fourth-order valence-electron chi connectivity index (χ4n) is 4.82. The lowest BCUT2D eigenvalue weighted by atomic mass is 9.97. The van der Waals surface area contributed by atoms with Crippen LogP contribution in [0.25, 0.3) is 11.0 Å². The first kappa shape index (κ1) is 17.3. The Bertz CT molecular complexity index is 1630. The molecule has 2 aliphatic rings. The number of fused-ring (bicyclic) bond motifs is 9. The van der Waals surface area contributed by atoms with Gasteiger partial charge in [-0.05, 0) is 42.3 Å². The number of aromatic nitrogens is 4. The van der Waals surface area contributed by atoms with Gasteiger partial charge in [-0.2, -0.15) is 13.9 Å². The van der Waals surface area contributed by atoms with Gasteiger partial charge in [0.15, 0.2) is 0 Å². The Morgan fingerprint density at radius 1 is 1.21 bits per heavy atom. The molecule has 1 amide bonds. The highest BCUT2D eigenvalue weighted by atomic mass is 19.3. The van der Waals surface area contributed by atoms with Gasteiger partial charge in [0.2, 0.25) is 0 Å². The number of ether oxygens (including phenoxy) is 1. The van der Waals surface area contributed by atoms with Crippen LogP contribution in [-0.2, 0) is 7.05 Å². The first-order chi connectivity index (χ1) is 17.6. The molecule has 2 atom stereocenters. The summed E-state index contributed by atoms with van der Waals surface area (Å²) < 4.78 is 59.2. The number of halogens is 2. The topological polar surface area (TPSA) is 65.2 Å². The van der Waals surface area contributed by atoms with Crippen molar-refractivity contribution in [2.75, 3.05) is 6.98 Å². The summed E-state index contributed by atoms with van der Waals surface area (Å²) in [6.45, 7) is -5.89. The fraction of sp³-hybridized carbons (Fsp3) is 0.240. The number of hydrogen-bond donors (Lipinski definition) is 0. The van der Waals surface area contributed by atoms with Gasteiger partial charge in [-0.1, -0.05) is 12.0 Å². The van der Waals surface area contributed by atoms with Crippen LogP contribution in [0.1, 0.15) is 55.6 Å². The molecule has 2 aromatic carbocycles. The monoisotopic (exact) mass is 462 g/mol. The van der Waals surface area contributed by atoms with Crippen molar-refractivity contribution < 1.29 is 22.4 Å². The van der Waals surface area contributed by atoms with Crippen LogP contribution in [0.4, 0.5) is 8.78 Å². The highest BCUT2D eigenvalue weighted by Gasteiger charge is 2.44. The Kier molecular flexibility index (Phi) is 3.78. The van der Waals surface area contributed by atoms with E-state index in [4.69, 9.17) is 8.85 Å². The van der Waals surface area contributed by atoms with Crippen molar-refractivity contribution in [3.63, 3.8) is 0 Å². The number of nitrogens with zero attached hydrogens (tertiary/aromatic N) is 5. The molecule has 0 radical (unpaired) electrons. The molecule has 7 nitrogen and oxygen atoms in total. The largest absolute Gasteiger partial charge is 0.434 e. The number of imidazole rings is 1. The van der Waals surface area contributed by atoms with E-state index in [0.29, 0.717) is 22.4 Å². The maximum atomic E-state index is 13.5. The van der Waals surface area contributed by atoms with E-state index in [1.807, 2.05) is 10.6 Å². The molecule has 2 aromatic heterocycles. The highest BCUT2D eigenvalue weighted by Crippen LogP contribution is 2.49. The van der Waals surface area contributed by atoms with Gasteiger partial charge in [0.1, 0.15) is 17.3 Å². The molecule has 0 saturated carbocycles. The lowest BCUT2D eigenvalue weighted by Crippen LogP contribution is -2.30. The van der Waals surface area contributed by atoms with Crippen LogP contribution in [0.3, 0.4) is 0 Å². The van der Waals surface area contributed by atoms with Crippen molar-refractivity contribution in [2.45, 2.75) is 25.1 Å². The van der Waals surface area contributed by atoms with E-state index >= 15 is 0 Å². The Morgan fingerprint density at radius 3 is 2.85 bits per heavy atom. The van der Waals surface area contributed by atoms with Crippen molar-refractivity contribution >= 4 is 16.9 Å². The molecule has 4 heterocycles. The summed E-state index contributed by atoms with van der Waals surface area (Å²) in [5.41, 5.74) is 2.86. The zero-order chi connectivity index (χ0) is 26.1. The molecule has 9 heteroatoms. The van der Waals surface area contributed by atoms with Gasteiger partial charge < -0.3 is 14.2 Å². The number of amides is 1. The van der Waals surface area contributed by atoms with E-state index in [1.165, 1.54) is 18.2 Å². The summed E-state index contributed by atoms with van der Waals surface area (Å²) in [6.07, 6.45) is 1.80. The van der Waals surface area contributed by atoms with E-state index in [1.54, 1.807) is 36.1 Å². The molecule has 4 aromatic rings. The van der Waals surface area contributed by atoms with Crippen molar-refractivity contribution in [1.29, 1.82) is 0 Å². The van der Waals surface area contributed by atoms with Gasteiger partial charge in [-0.3, -0.25) is 9.48 Å². The number of carbonyl (C=O) groups is 1. The molecule has 0 unspecified atom stereocenters. The summed E-state index contributed by atoms with van der Waals surface area (Å²) in [7, 11) is 1.79. The van der Waals surface area contributed by atoms with E-state index in [2.05, 4.69) is 21.9 Å². The van der Waals surface area contributed by atoms with E-state index in [0.717, 1.165) is 10.6 Å². The first-order valence-electron chi connectivity index (χ1n) is 12.1. The summed E-state index contributed by atoms with van der Waals surface area (Å²) >= 11 is 0. The zero-order valence-corrected chi connectivity index (χ0v) is 17.9. The molecular weight excluding hydrogens is 440 g/mol. The third-order valence-electron chi connectivity index (χ3n) is 6.31. The number of rotatable bonds is 2. The Balaban J connectivity index is 1.58. The van der Waals surface area contributed by atoms with E-state index < -0.39 is 31.6 Å². The molecule has 0 saturated heterocycles. The second-order valence-electron chi connectivity index (χ2n) is 8.17. The molecule has 2 bridgehead atoms.